The summed E-state index contributed by atoms with van der Waals surface area (Å²) < 4.78 is 32.2. The normalized spacial score (nSPS) is 18.0. The van der Waals surface area contributed by atoms with Crippen molar-refractivity contribution >= 4 is 21.6 Å². The van der Waals surface area contributed by atoms with Gasteiger partial charge in [0.05, 0.1) is 11.5 Å². The van der Waals surface area contributed by atoms with Crippen molar-refractivity contribution in [1.82, 2.24) is 4.31 Å². The number of nitrogens with zero attached hydrogens (tertiary/aromatic N) is 1. The van der Waals surface area contributed by atoms with E-state index in [1.807, 2.05) is 12.1 Å². The molecule has 3 rings (SSSR count). The lowest BCUT2D eigenvalue weighted by Gasteiger charge is -2.30. The molecule has 1 amide bonds. The average Bonchev–Trinajstić information content (AvgIpc) is 2.69. The minimum absolute atomic E-state index is 0.246. The number of piperidine rings is 1. The van der Waals surface area contributed by atoms with Gasteiger partial charge in [-0.05, 0) is 60.7 Å². The summed E-state index contributed by atoms with van der Waals surface area (Å²) in [4.78, 5) is 12.6. The molecule has 0 aliphatic carbocycles. The monoisotopic (exact) mass is 402 g/mol. The molecule has 6 nitrogen and oxygen atoms in total. The van der Waals surface area contributed by atoms with Gasteiger partial charge in [-0.1, -0.05) is 19.1 Å². The van der Waals surface area contributed by atoms with Crippen molar-refractivity contribution in [3.05, 3.63) is 59.7 Å². The Hall–Kier alpha value is -2.22. The molecular formula is C21H26N2O4S. The standard InChI is InChI=1S/C21H26N2O4S/c1-16-4-3-13-23(14-16)28(25,26)20-11-9-19(10-12-20)22-21(24)18-7-5-17(6-8-18)15-27-2/h5-12,16H,3-4,13-15H2,1-2H3,(H,22,24). The zero-order chi connectivity index (χ0) is 20.1. The van der Waals surface area contributed by atoms with Gasteiger partial charge >= 0.3 is 0 Å². The van der Waals surface area contributed by atoms with Gasteiger partial charge in [0, 0.05) is 31.5 Å². The lowest BCUT2D eigenvalue weighted by Crippen LogP contribution is -2.39. The number of sulfonamides is 1. The summed E-state index contributed by atoms with van der Waals surface area (Å²) in [5, 5.41) is 2.80. The SMILES string of the molecule is COCc1ccc(C(=O)Nc2ccc(S(=O)(=O)N3CCCC(C)C3)cc2)cc1. The van der Waals surface area contributed by atoms with E-state index in [-0.39, 0.29) is 10.8 Å². The van der Waals surface area contributed by atoms with Crippen LogP contribution in [0.3, 0.4) is 0 Å². The number of benzene rings is 2. The Morgan fingerprint density at radius 2 is 1.82 bits per heavy atom. The molecule has 1 fully saturated rings. The maximum atomic E-state index is 12.8. The third-order valence-electron chi connectivity index (χ3n) is 4.90. The molecule has 0 aromatic heterocycles. The Morgan fingerprint density at radius 3 is 2.43 bits per heavy atom. The number of rotatable bonds is 6. The van der Waals surface area contributed by atoms with Crippen molar-refractivity contribution in [3.63, 3.8) is 0 Å². The van der Waals surface area contributed by atoms with Crippen LogP contribution in [-0.4, -0.2) is 38.8 Å². The minimum Gasteiger partial charge on any atom is -0.380 e. The molecule has 0 spiro atoms. The van der Waals surface area contributed by atoms with Crippen molar-refractivity contribution in [2.75, 3.05) is 25.5 Å². The van der Waals surface area contributed by atoms with Crippen molar-refractivity contribution < 1.29 is 17.9 Å². The fourth-order valence-electron chi connectivity index (χ4n) is 3.35. The van der Waals surface area contributed by atoms with Crippen LogP contribution in [-0.2, 0) is 21.4 Å². The molecule has 1 atom stereocenters. The van der Waals surface area contributed by atoms with E-state index in [4.69, 9.17) is 4.74 Å². The van der Waals surface area contributed by atoms with Crippen LogP contribution in [0.25, 0.3) is 0 Å². The summed E-state index contributed by atoms with van der Waals surface area (Å²) >= 11 is 0. The van der Waals surface area contributed by atoms with Gasteiger partial charge < -0.3 is 10.1 Å². The summed E-state index contributed by atoms with van der Waals surface area (Å²) in [6, 6.07) is 13.5. The number of anilines is 1. The maximum absolute atomic E-state index is 12.8. The first-order valence-electron chi connectivity index (χ1n) is 9.39. The predicted octanol–water partition coefficient (Wildman–Crippen LogP) is 3.51. The zero-order valence-corrected chi connectivity index (χ0v) is 17.0. The van der Waals surface area contributed by atoms with Crippen LogP contribution in [0, 0.1) is 5.92 Å². The van der Waals surface area contributed by atoms with Crippen molar-refractivity contribution in [3.8, 4) is 0 Å². The van der Waals surface area contributed by atoms with Crippen LogP contribution in [0.4, 0.5) is 5.69 Å². The van der Waals surface area contributed by atoms with Crippen LogP contribution in [0.2, 0.25) is 0 Å². The van der Waals surface area contributed by atoms with Crippen molar-refractivity contribution in [1.29, 1.82) is 0 Å². The summed E-state index contributed by atoms with van der Waals surface area (Å²) in [5.41, 5.74) is 2.07. The van der Waals surface area contributed by atoms with Gasteiger partial charge in [-0.3, -0.25) is 4.79 Å². The number of hydrogen-bond donors (Lipinski definition) is 1. The Bertz CT molecular complexity index is 908. The molecule has 1 N–H and O–H groups in total. The quantitative estimate of drug-likeness (QED) is 0.802. The van der Waals surface area contributed by atoms with Crippen LogP contribution in [0.5, 0.6) is 0 Å². The number of methoxy groups -OCH3 is 1. The third-order valence-corrected chi connectivity index (χ3v) is 6.78. The fraction of sp³-hybridized carbons (Fsp3) is 0.381. The summed E-state index contributed by atoms with van der Waals surface area (Å²) in [5.74, 6) is 0.127. The summed E-state index contributed by atoms with van der Waals surface area (Å²) in [6.45, 7) is 3.68. The summed E-state index contributed by atoms with van der Waals surface area (Å²) in [7, 11) is -1.87. The molecule has 150 valence electrons. The van der Waals surface area contributed by atoms with Gasteiger partial charge in [0.1, 0.15) is 0 Å². The van der Waals surface area contributed by atoms with Gasteiger partial charge in [0.25, 0.3) is 5.91 Å². The number of carbonyl (C=O) groups is 1. The second kappa shape index (κ2) is 8.86. The number of ether oxygens (including phenoxy) is 1. The largest absolute Gasteiger partial charge is 0.380 e. The molecule has 1 saturated heterocycles. The van der Waals surface area contributed by atoms with E-state index in [9.17, 15) is 13.2 Å². The van der Waals surface area contributed by atoms with Gasteiger partial charge in [-0.25, -0.2) is 8.42 Å². The van der Waals surface area contributed by atoms with Crippen molar-refractivity contribution in [2.45, 2.75) is 31.3 Å². The predicted molar refractivity (Wildman–Crippen MR) is 109 cm³/mol. The van der Waals surface area contributed by atoms with Gasteiger partial charge in [-0.15, -0.1) is 0 Å². The van der Waals surface area contributed by atoms with E-state index in [2.05, 4.69) is 12.2 Å². The van der Waals surface area contributed by atoms with E-state index in [0.29, 0.717) is 36.9 Å². The van der Waals surface area contributed by atoms with Gasteiger partial charge in [0.15, 0.2) is 0 Å². The van der Waals surface area contributed by atoms with Crippen molar-refractivity contribution in [2.24, 2.45) is 5.92 Å². The molecule has 1 heterocycles. The maximum Gasteiger partial charge on any atom is 0.255 e. The van der Waals surface area contributed by atoms with E-state index in [0.717, 1.165) is 18.4 Å². The number of nitrogens with one attached hydrogen (secondary N) is 1. The van der Waals surface area contributed by atoms with Crippen LogP contribution < -0.4 is 5.32 Å². The Kier molecular flexibility index (Phi) is 6.49. The number of hydrogen-bond acceptors (Lipinski definition) is 4. The smallest absolute Gasteiger partial charge is 0.255 e. The van der Waals surface area contributed by atoms with E-state index < -0.39 is 10.0 Å². The van der Waals surface area contributed by atoms with Gasteiger partial charge in [0.2, 0.25) is 10.0 Å². The molecule has 0 radical (unpaired) electrons. The highest BCUT2D eigenvalue weighted by atomic mass is 32.2. The Morgan fingerprint density at radius 1 is 1.14 bits per heavy atom. The molecular weight excluding hydrogens is 376 g/mol. The van der Waals surface area contributed by atoms with Crippen LogP contribution >= 0.6 is 0 Å². The zero-order valence-electron chi connectivity index (χ0n) is 16.2. The molecule has 2 aromatic rings. The minimum atomic E-state index is -3.49. The molecule has 28 heavy (non-hydrogen) atoms. The Labute approximate surface area is 166 Å². The van der Waals surface area contributed by atoms with E-state index >= 15 is 0 Å². The van der Waals surface area contributed by atoms with E-state index in [1.54, 1.807) is 47.8 Å². The highest BCUT2D eigenvalue weighted by molar-refractivity contribution is 7.89. The molecule has 7 heteroatoms. The molecule has 0 bridgehead atoms. The highest BCUT2D eigenvalue weighted by Gasteiger charge is 2.28. The summed E-state index contributed by atoms with van der Waals surface area (Å²) in [6.07, 6.45) is 1.95. The topological polar surface area (TPSA) is 75.7 Å². The fourth-order valence-corrected chi connectivity index (χ4v) is 4.94. The molecule has 1 aliphatic rings. The first kappa shape index (κ1) is 20.5. The molecule has 1 aliphatic heterocycles. The Balaban J connectivity index is 1.67. The second-order valence-corrected chi connectivity index (χ2v) is 9.16. The lowest BCUT2D eigenvalue weighted by molar-refractivity contribution is 0.102. The first-order valence-corrected chi connectivity index (χ1v) is 10.8. The van der Waals surface area contributed by atoms with Crippen LogP contribution in [0.15, 0.2) is 53.4 Å². The molecule has 1 unspecified atom stereocenters. The highest BCUT2D eigenvalue weighted by Crippen LogP contribution is 2.24. The van der Waals surface area contributed by atoms with E-state index in [1.165, 1.54) is 0 Å². The second-order valence-electron chi connectivity index (χ2n) is 7.22. The first-order chi connectivity index (χ1) is 13.4. The third kappa shape index (κ3) is 4.79. The number of amides is 1. The number of carbonyl (C=O) groups excluding carboxylic acids is 1. The average molecular weight is 403 g/mol. The molecule has 0 saturated carbocycles. The molecule has 2 aromatic carbocycles. The lowest BCUT2D eigenvalue weighted by atomic mass is 10.0. The van der Waals surface area contributed by atoms with Gasteiger partial charge in [-0.2, -0.15) is 4.31 Å². The van der Waals surface area contributed by atoms with Crippen LogP contribution in [0.1, 0.15) is 35.7 Å².